The van der Waals surface area contributed by atoms with Crippen LogP contribution in [0, 0.1) is 18.6 Å². The molecule has 4 aromatic rings. The number of rotatable bonds is 6. The van der Waals surface area contributed by atoms with Gasteiger partial charge >= 0.3 is 0 Å². The summed E-state index contributed by atoms with van der Waals surface area (Å²) in [6, 6.07) is 14.3. The molecule has 1 fully saturated rings. The normalized spacial score (nSPS) is 16.1. The van der Waals surface area contributed by atoms with Gasteiger partial charge in [-0.25, -0.2) is 26.5 Å². The number of halogens is 2. The third kappa shape index (κ3) is 5.24. The SMILES string of the molecule is Cc1cccc(-c2[nH]c(C3CCN(S(=O)(=O)Cc4cc(F)cc(F)c4)CC3)nc2-c2ccc3c(c2)OCO3)n1. The first-order chi connectivity index (χ1) is 18.7. The van der Waals surface area contributed by atoms with Crippen LogP contribution < -0.4 is 9.47 Å². The number of H-pyrrole nitrogens is 1. The molecule has 8 nitrogen and oxygen atoms in total. The molecule has 2 aliphatic rings. The lowest BCUT2D eigenvalue weighted by Crippen LogP contribution is -2.38. The van der Waals surface area contributed by atoms with E-state index in [9.17, 15) is 17.2 Å². The molecule has 1 N–H and O–H groups in total. The maximum atomic E-state index is 13.6. The van der Waals surface area contributed by atoms with Crippen LogP contribution in [0.4, 0.5) is 8.78 Å². The van der Waals surface area contributed by atoms with Crippen molar-refractivity contribution >= 4 is 10.0 Å². The Morgan fingerprint density at radius 1 is 0.974 bits per heavy atom. The molecule has 6 rings (SSSR count). The molecule has 0 unspecified atom stereocenters. The Bertz CT molecular complexity index is 1630. The molecule has 39 heavy (non-hydrogen) atoms. The lowest BCUT2D eigenvalue weighted by Gasteiger charge is -2.30. The minimum atomic E-state index is -3.74. The van der Waals surface area contributed by atoms with Gasteiger partial charge in [0.2, 0.25) is 16.8 Å². The number of nitrogens with zero attached hydrogens (tertiary/aromatic N) is 3. The molecule has 0 spiro atoms. The van der Waals surface area contributed by atoms with Crippen molar-refractivity contribution in [2.75, 3.05) is 19.9 Å². The number of nitrogens with one attached hydrogen (secondary N) is 1. The minimum Gasteiger partial charge on any atom is -0.454 e. The number of ether oxygens (including phenoxy) is 2. The van der Waals surface area contributed by atoms with Crippen molar-refractivity contribution in [3.05, 3.63) is 83.3 Å². The average molecular weight is 553 g/mol. The van der Waals surface area contributed by atoms with Crippen molar-refractivity contribution in [1.82, 2.24) is 19.3 Å². The second-order valence-electron chi connectivity index (χ2n) is 9.79. The van der Waals surface area contributed by atoms with Gasteiger partial charge in [0.1, 0.15) is 17.5 Å². The van der Waals surface area contributed by atoms with Gasteiger partial charge in [-0.15, -0.1) is 0 Å². The zero-order valence-electron chi connectivity index (χ0n) is 21.2. The molecule has 4 heterocycles. The third-order valence-electron chi connectivity index (χ3n) is 7.02. The second kappa shape index (κ2) is 10.0. The number of aryl methyl sites for hydroxylation is 1. The highest BCUT2D eigenvalue weighted by Gasteiger charge is 2.31. The molecular weight excluding hydrogens is 526 g/mol. The summed E-state index contributed by atoms with van der Waals surface area (Å²) in [7, 11) is -3.74. The van der Waals surface area contributed by atoms with E-state index in [0.29, 0.717) is 24.3 Å². The molecule has 11 heteroatoms. The van der Waals surface area contributed by atoms with E-state index in [1.807, 2.05) is 43.3 Å². The molecule has 1 saturated heterocycles. The van der Waals surface area contributed by atoms with Crippen LogP contribution in [-0.2, 0) is 15.8 Å². The Balaban J connectivity index is 1.25. The van der Waals surface area contributed by atoms with Gasteiger partial charge in [-0.1, -0.05) is 6.07 Å². The average Bonchev–Trinajstić information content (AvgIpc) is 3.55. The minimum absolute atomic E-state index is 0.00520. The van der Waals surface area contributed by atoms with Crippen LogP contribution in [0.25, 0.3) is 22.6 Å². The number of sulfonamides is 1. The fourth-order valence-corrected chi connectivity index (χ4v) is 6.65. The van der Waals surface area contributed by atoms with Gasteiger partial charge < -0.3 is 14.5 Å². The van der Waals surface area contributed by atoms with E-state index in [2.05, 4.69) is 9.97 Å². The number of hydrogen-bond acceptors (Lipinski definition) is 6. The first-order valence-electron chi connectivity index (χ1n) is 12.6. The maximum Gasteiger partial charge on any atom is 0.231 e. The van der Waals surface area contributed by atoms with E-state index in [-0.39, 0.29) is 31.4 Å². The molecule has 0 aliphatic carbocycles. The lowest BCUT2D eigenvalue weighted by molar-refractivity contribution is 0.174. The summed E-state index contributed by atoms with van der Waals surface area (Å²) in [5.41, 5.74) is 4.06. The van der Waals surface area contributed by atoms with Crippen LogP contribution in [0.1, 0.15) is 35.8 Å². The van der Waals surface area contributed by atoms with Crippen molar-refractivity contribution in [2.45, 2.75) is 31.4 Å². The Labute approximate surface area is 224 Å². The fraction of sp³-hybridized carbons (Fsp3) is 0.286. The summed E-state index contributed by atoms with van der Waals surface area (Å²) in [6.07, 6.45) is 1.09. The van der Waals surface area contributed by atoms with E-state index < -0.39 is 27.4 Å². The molecular formula is C28H26F2N4O4S. The molecule has 0 radical (unpaired) electrons. The van der Waals surface area contributed by atoms with Gasteiger partial charge in [0.15, 0.2) is 11.5 Å². The zero-order chi connectivity index (χ0) is 27.1. The van der Waals surface area contributed by atoms with Crippen LogP contribution in [0.2, 0.25) is 0 Å². The predicted octanol–water partition coefficient (Wildman–Crippen LogP) is 5.16. The molecule has 2 aliphatic heterocycles. The molecule has 202 valence electrons. The van der Waals surface area contributed by atoms with E-state index >= 15 is 0 Å². The largest absolute Gasteiger partial charge is 0.454 e. The molecule has 0 amide bonds. The van der Waals surface area contributed by atoms with Crippen LogP contribution in [0.5, 0.6) is 11.5 Å². The number of piperidine rings is 1. The Hall–Kier alpha value is -3.83. The maximum absolute atomic E-state index is 13.6. The van der Waals surface area contributed by atoms with E-state index in [4.69, 9.17) is 14.5 Å². The number of fused-ring (bicyclic) bond motifs is 1. The summed E-state index contributed by atoms with van der Waals surface area (Å²) in [4.78, 5) is 13.1. The number of benzene rings is 2. The quantitative estimate of drug-likeness (QED) is 0.355. The first-order valence-corrected chi connectivity index (χ1v) is 14.2. The Morgan fingerprint density at radius 2 is 1.72 bits per heavy atom. The first kappa shape index (κ1) is 25.4. The summed E-state index contributed by atoms with van der Waals surface area (Å²) >= 11 is 0. The van der Waals surface area contributed by atoms with Gasteiger partial charge in [-0.2, -0.15) is 0 Å². The van der Waals surface area contributed by atoms with E-state index in [1.165, 1.54) is 4.31 Å². The van der Waals surface area contributed by atoms with Crippen LogP contribution in [-0.4, -0.2) is 47.6 Å². The lowest BCUT2D eigenvalue weighted by atomic mass is 9.97. The van der Waals surface area contributed by atoms with Crippen LogP contribution in [0.15, 0.2) is 54.6 Å². The Morgan fingerprint density at radius 3 is 2.46 bits per heavy atom. The van der Waals surface area contributed by atoms with E-state index in [1.54, 1.807) is 0 Å². The number of aromatic amines is 1. The van der Waals surface area contributed by atoms with Crippen molar-refractivity contribution in [3.8, 4) is 34.1 Å². The highest BCUT2D eigenvalue weighted by molar-refractivity contribution is 7.88. The summed E-state index contributed by atoms with van der Waals surface area (Å²) in [6.45, 7) is 2.66. The summed E-state index contributed by atoms with van der Waals surface area (Å²) < 4.78 is 65.6. The predicted molar refractivity (Wildman–Crippen MR) is 141 cm³/mol. The van der Waals surface area contributed by atoms with Crippen molar-refractivity contribution in [3.63, 3.8) is 0 Å². The smallest absolute Gasteiger partial charge is 0.231 e. The topological polar surface area (TPSA) is 97.4 Å². The highest BCUT2D eigenvalue weighted by Crippen LogP contribution is 2.39. The van der Waals surface area contributed by atoms with Crippen LogP contribution in [0.3, 0.4) is 0 Å². The van der Waals surface area contributed by atoms with Gasteiger partial charge in [-0.05, 0) is 67.8 Å². The molecule has 2 aromatic heterocycles. The third-order valence-corrected chi connectivity index (χ3v) is 8.87. The number of imidazole rings is 1. The van der Waals surface area contributed by atoms with Gasteiger partial charge in [0.05, 0.1) is 22.8 Å². The molecule has 0 saturated carbocycles. The van der Waals surface area contributed by atoms with Crippen molar-refractivity contribution in [2.24, 2.45) is 0 Å². The molecule has 0 bridgehead atoms. The van der Waals surface area contributed by atoms with Gasteiger partial charge in [0, 0.05) is 36.3 Å². The van der Waals surface area contributed by atoms with Crippen molar-refractivity contribution in [1.29, 1.82) is 0 Å². The standard InChI is InChI=1S/C28H26F2N4O4S/c1-17-3-2-4-23(31-17)27-26(20-5-6-24-25(13-20)38-16-37-24)32-28(33-27)19-7-9-34(10-8-19)39(35,36)15-18-11-21(29)14-22(30)12-18/h2-6,11-14,19H,7-10,15-16H2,1H3,(H,32,33). The second-order valence-corrected chi connectivity index (χ2v) is 11.8. The number of pyridine rings is 1. The molecule has 0 atom stereocenters. The van der Waals surface area contributed by atoms with Gasteiger partial charge in [-0.3, -0.25) is 4.98 Å². The van der Waals surface area contributed by atoms with Crippen molar-refractivity contribution < 1.29 is 26.7 Å². The highest BCUT2D eigenvalue weighted by atomic mass is 32.2. The zero-order valence-corrected chi connectivity index (χ0v) is 22.0. The Kier molecular flexibility index (Phi) is 6.56. The number of aromatic nitrogens is 3. The summed E-state index contributed by atoms with van der Waals surface area (Å²) in [5, 5.41) is 0. The number of hydrogen-bond donors (Lipinski definition) is 1. The van der Waals surface area contributed by atoms with Gasteiger partial charge in [0.25, 0.3) is 0 Å². The fourth-order valence-electron chi connectivity index (χ4n) is 5.11. The summed E-state index contributed by atoms with van der Waals surface area (Å²) in [5.74, 6) is 0.0310. The molecule has 2 aromatic carbocycles. The van der Waals surface area contributed by atoms with Crippen LogP contribution >= 0.6 is 0 Å². The van der Waals surface area contributed by atoms with E-state index in [0.717, 1.165) is 52.4 Å². The monoisotopic (exact) mass is 552 g/mol.